The van der Waals surface area contributed by atoms with E-state index in [1.807, 2.05) is 6.92 Å². The Morgan fingerprint density at radius 2 is 2.45 bits per heavy atom. The minimum atomic E-state index is -0.206. The summed E-state index contributed by atoms with van der Waals surface area (Å²) in [4.78, 5) is 11.1. The number of hydrogen-bond acceptors (Lipinski definition) is 3. The van der Waals surface area contributed by atoms with E-state index in [9.17, 15) is 4.79 Å². The van der Waals surface area contributed by atoms with Crippen molar-refractivity contribution in [3.8, 4) is 0 Å². The van der Waals surface area contributed by atoms with Crippen LogP contribution in [0.3, 0.4) is 0 Å². The molecule has 0 bridgehead atoms. The smallest absolute Gasteiger partial charge is 0.283 e. The van der Waals surface area contributed by atoms with Crippen molar-refractivity contribution in [1.29, 1.82) is 0 Å². The topological polar surface area (TPSA) is 69.8 Å². The van der Waals surface area contributed by atoms with Gasteiger partial charge < -0.3 is 0 Å². The fourth-order valence-electron chi connectivity index (χ4n) is 0.752. The molecule has 0 saturated carbocycles. The van der Waals surface area contributed by atoms with E-state index in [2.05, 4.69) is 21.0 Å². The predicted octanol–water partition coefficient (Wildman–Crippen LogP) is -0.418. The van der Waals surface area contributed by atoms with E-state index in [1.54, 1.807) is 13.2 Å². The highest BCUT2D eigenvalue weighted by Crippen LogP contribution is 1.99. The number of aromatic amines is 1. The third-order valence-corrected chi connectivity index (χ3v) is 1.29. The molecule has 1 aromatic rings. The van der Waals surface area contributed by atoms with Crippen molar-refractivity contribution in [3.63, 3.8) is 0 Å². The molecule has 0 fully saturated rings. The van der Waals surface area contributed by atoms with Gasteiger partial charge in [0.05, 0.1) is 6.20 Å². The van der Waals surface area contributed by atoms with Gasteiger partial charge in [-0.25, -0.2) is 5.43 Å². The maximum Gasteiger partial charge on any atom is 0.283 e. The molecule has 60 valence electrons. The van der Waals surface area contributed by atoms with Gasteiger partial charge in [0, 0.05) is 7.05 Å². The summed E-state index contributed by atoms with van der Waals surface area (Å²) in [5.41, 5.74) is 6.28. The van der Waals surface area contributed by atoms with E-state index in [4.69, 9.17) is 0 Å². The van der Waals surface area contributed by atoms with Crippen LogP contribution in [0.1, 0.15) is 16.1 Å². The molecule has 3 N–H and O–H groups in total. The van der Waals surface area contributed by atoms with Crippen molar-refractivity contribution in [2.45, 2.75) is 6.92 Å². The summed E-state index contributed by atoms with van der Waals surface area (Å²) < 4.78 is 0. The number of H-pyrrole nitrogens is 1. The third-order valence-electron chi connectivity index (χ3n) is 1.29. The summed E-state index contributed by atoms with van der Waals surface area (Å²) >= 11 is 0. The van der Waals surface area contributed by atoms with Crippen LogP contribution >= 0.6 is 0 Å². The predicted molar refractivity (Wildman–Crippen MR) is 39.9 cm³/mol. The number of aromatic nitrogens is 2. The fourth-order valence-corrected chi connectivity index (χ4v) is 0.752. The quantitative estimate of drug-likeness (QED) is 0.507. The average molecular weight is 154 g/mol. The molecule has 0 unspecified atom stereocenters. The van der Waals surface area contributed by atoms with Crippen LogP contribution in [0.2, 0.25) is 0 Å². The zero-order valence-electron chi connectivity index (χ0n) is 6.43. The molecule has 1 amide bonds. The molecule has 0 aliphatic rings. The number of nitrogens with one attached hydrogen (secondary N) is 3. The number of carbonyl (C=O) groups is 1. The first-order chi connectivity index (χ1) is 5.25. The first kappa shape index (κ1) is 7.74. The monoisotopic (exact) mass is 154 g/mol. The van der Waals surface area contributed by atoms with Gasteiger partial charge in [0.15, 0.2) is 0 Å². The summed E-state index contributed by atoms with van der Waals surface area (Å²) in [7, 11) is 1.63. The molecule has 1 heterocycles. The molecule has 1 rings (SSSR count). The molecule has 0 aromatic carbocycles. The molecule has 0 aliphatic carbocycles. The van der Waals surface area contributed by atoms with E-state index in [-0.39, 0.29) is 5.91 Å². The second-order valence-corrected chi connectivity index (χ2v) is 2.13. The number of hydrogen-bond donors (Lipinski definition) is 3. The molecule has 0 radical (unpaired) electrons. The fraction of sp³-hybridized carbons (Fsp3) is 0.333. The maximum atomic E-state index is 11.1. The van der Waals surface area contributed by atoms with Crippen LogP contribution in [0.5, 0.6) is 0 Å². The number of rotatable bonds is 2. The van der Waals surface area contributed by atoms with Crippen molar-refractivity contribution in [3.05, 3.63) is 17.5 Å². The average Bonchev–Trinajstić information content (AvgIpc) is 2.36. The highest BCUT2D eigenvalue weighted by Gasteiger charge is 2.08. The first-order valence-corrected chi connectivity index (χ1v) is 3.22. The number of hydrazine groups is 1. The minimum absolute atomic E-state index is 0.206. The molecular formula is C6H10N4O. The van der Waals surface area contributed by atoms with Gasteiger partial charge in [0.2, 0.25) is 0 Å². The normalized spacial score (nSPS) is 9.64. The highest BCUT2D eigenvalue weighted by molar-refractivity contribution is 5.93. The number of carbonyl (C=O) groups excluding carboxylic acids is 1. The highest BCUT2D eigenvalue weighted by atomic mass is 16.2. The van der Waals surface area contributed by atoms with Gasteiger partial charge in [-0.3, -0.25) is 15.3 Å². The van der Waals surface area contributed by atoms with Crippen LogP contribution in [0, 0.1) is 6.92 Å². The van der Waals surface area contributed by atoms with Crippen LogP contribution < -0.4 is 10.9 Å². The Kier molecular flexibility index (Phi) is 2.22. The van der Waals surface area contributed by atoms with Gasteiger partial charge in [-0.05, 0) is 12.5 Å². The summed E-state index contributed by atoms with van der Waals surface area (Å²) in [5.74, 6) is -0.206. The molecule has 0 aliphatic heterocycles. The SMILES string of the molecule is CNNC(=O)c1[nH]ncc1C. The lowest BCUT2D eigenvalue weighted by molar-refractivity contribution is 0.0932. The van der Waals surface area contributed by atoms with Crippen molar-refractivity contribution in [2.24, 2.45) is 0 Å². The third kappa shape index (κ3) is 1.56. The van der Waals surface area contributed by atoms with Crippen molar-refractivity contribution >= 4 is 5.91 Å². The summed E-state index contributed by atoms with van der Waals surface area (Å²) in [6, 6.07) is 0. The summed E-state index contributed by atoms with van der Waals surface area (Å²) in [6.45, 7) is 1.81. The van der Waals surface area contributed by atoms with Gasteiger partial charge in [0.25, 0.3) is 5.91 Å². The molecule has 0 spiro atoms. The molecule has 5 heteroatoms. The summed E-state index contributed by atoms with van der Waals surface area (Å²) in [5, 5.41) is 6.30. The molecule has 11 heavy (non-hydrogen) atoms. The lowest BCUT2D eigenvalue weighted by Crippen LogP contribution is -2.34. The standard InChI is InChI=1S/C6H10N4O/c1-4-3-8-9-5(4)6(11)10-7-2/h3,7H,1-2H3,(H,8,9)(H,10,11). The number of aryl methyl sites for hydroxylation is 1. The van der Waals surface area contributed by atoms with Gasteiger partial charge in [-0.1, -0.05) is 0 Å². The zero-order valence-corrected chi connectivity index (χ0v) is 6.43. The maximum absolute atomic E-state index is 11.1. The number of amides is 1. The second kappa shape index (κ2) is 3.16. The lowest BCUT2D eigenvalue weighted by Gasteiger charge is -1.99. The Morgan fingerprint density at radius 3 is 2.91 bits per heavy atom. The molecular weight excluding hydrogens is 144 g/mol. The van der Waals surface area contributed by atoms with Gasteiger partial charge >= 0.3 is 0 Å². The first-order valence-electron chi connectivity index (χ1n) is 3.22. The van der Waals surface area contributed by atoms with Crippen LogP contribution in [0.4, 0.5) is 0 Å². The molecule has 5 nitrogen and oxygen atoms in total. The molecule has 0 saturated heterocycles. The van der Waals surface area contributed by atoms with Crippen molar-refractivity contribution < 1.29 is 4.79 Å². The summed E-state index contributed by atoms with van der Waals surface area (Å²) in [6.07, 6.45) is 1.60. The van der Waals surface area contributed by atoms with Crippen LogP contribution in [-0.2, 0) is 0 Å². The Balaban J connectivity index is 2.76. The number of nitrogens with zero attached hydrogens (tertiary/aromatic N) is 1. The van der Waals surface area contributed by atoms with Gasteiger partial charge in [-0.2, -0.15) is 5.10 Å². The largest absolute Gasteiger partial charge is 0.286 e. The van der Waals surface area contributed by atoms with Crippen LogP contribution in [0.25, 0.3) is 0 Å². The second-order valence-electron chi connectivity index (χ2n) is 2.13. The van der Waals surface area contributed by atoms with E-state index in [1.165, 1.54) is 0 Å². The van der Waals surface area contributed by atoms with E-state index in [0.29, 0.717) is 5.69 Å². The van der Waals surface area contributed by atoms with Crippen LogP contribution in [-0.4, -0.2) is 23.2 Å². The Labute approximate surface area is 64.2 Å². The van der Waals surface area contributed by atoms with Gasteiger partial charge in [-0.15, -0.1) is 0 Å². The van der Waals surface area contributed by atoms with Crippen molar-refractivity contribution in [1.82, 2.24) is 21.0 Å². The zero-order chi connectivity index (χ0) is 8.27. The van der Waals surface area contributed by atoms with Crippen molar-refractivity contribution in [2.75, 3.05) is 7.05 Å². The van der Waals surface area contributed by atoms with Gasteiger partial charge in [0.1, 0.15) is 5.69 Å². The van der Waals surface area contributed by atoms with Crippen LogP contribution in [0.15, 0.2) is 6.20 Å². The Hall–Kier alpha value is -1.36. The Bertz CT molecular complexity index is 255. The van der Waals surface area contributed by atoms with E-state index >= 15 is 0 Å². The molecule has 0 atom stereocenters. The Morgan fingerprint density at radius 1 is 1.73 bits per heavy atom. The van der Waals surface area contributed by atoms with E-state index < -0.39 is 0 Å². The van der Waals surface area contributed by atoms with E-state index in [0.717, 1.165) is 5.56 Å². The lowest BCUT2D eigenvalue weighted by atomic mass is 10.3. The minimum Gasteiger partial charge on any atom is -0.286 e. The molecule has 1 aromatic heterocycles.